The molecule has 0 saturated carbocycles. The van der Waals surface area contributed by atoms with E-state index in [0.29, 0.717) is 28.4 Å². The van der Waals surface area contributed by atoms with Gasteiger partial charge in [-0.1, -0.05) is 0 Å². The van der Waals surface area contributed by atoms with Crippen molar-refractivity contribution in [3.8, 4) is 28.7 Å². The van der Waals surface area contributed by atoms with Crippen molar-refractivity contribution in [2.24, 2.45) is 0 Å². The molecular weight excluding hydrogens is 312 g/mol. The predicted molar refractivity (Wildman–Crippen MR) is 86.5 cm³/mol. The van der Waals surface area contributed by atoms with Crippen molar-refractivity contribution < 1.29 is 28.8 Å². The van der Waals surface area contributed by atoms with Gasteiger partial charge in [0.2, 0.25) is 5.75 Å². The Bertz CT molecular complexity index is 783. The number of carbonyl (C=O) groups excluding carboxylic acids is 1. The van der Waals surface area contributed by atoms with Crippen molar-refractivity contribution in [1.29, 1.82) is 0 Å². The van der Waals surface area contributed by atoms with Gasteiger partial charge >= 0.3 is 0 Å². The summed E-state index contributed by atoms with van der Waals surface area (Å²) in [7, 11) is 4.48. The lowest BCUT2D eigenvalue weighted by Gasteiger charge is -2.26. The van der Waals surface area contributed by atoms with Crippen LogP contribution in [0.25, 0.3) is 0 Å². The van der Waals surface area contributed by atoms with Gasteiger partial charge in [0.15, 0.2) is 17.3 Å². The highest BCUT2D eigenvalue weighted by Crippen LogP contribution is 2.43. The van der Waals surface area contributed by atoms with Crippen LogP contribution in [0.15, 0.2) is 30.3 Å². The maximum atomic E-state index is 12.4. The average molecular weight is 330 g/mol. The SMILES string of the molecule is COc1ccc2c(c1)O[C@H](c1cc(O)c(OC)c(OC)c1)CC2=O. The molecule has 6 heteroatoms. The van der Waals surface area contributed by atoms with E-state index in [1.807, 2.05) is 0 Å². The third-order valence-corrected chi connectivity index (χ3v) is 3.98. The summed E-state index contributed by atoms with van der Waals surface area (Å²) in [5.74, 6) is 1.59. The van der Waals surface area contributed by atoms with E-state index < -0.39 is 6.10 Å². The minimum absolute atomic E-state index is 0.0295. The fraction of sp³-hybridized carbons (Fsp3) is 0.278. The van der Waals surface area contributed by atoms with E-state index in [-0.39, 0.29) is 23.7 Å². The van der Waals surface area contributed by atoms with Crippen LogP contribution in [-0.2, 0) is 0 Å². The molecule has 2 aromatic rings. The van der Waals surface area contributed by atoms with E-state index in [0.717, 1.165) is 0 Å². The van der Waals surface area contributed by atoms with Crippen molar-refractivity contribution in [3.63, 3.8) is 0 Å². The van der Waals surface area contributed by atoms with Crippen molar-refractivity contribution in [1.82, 2.24) is 0 Å². The van der Waals surface area contributed by atoms with Gasteiger partial charge in [-0.05, 0) is 24.3 Å². The molecule has 1 N–H and O–H groups in total. The van der Waals surface area contributed by atoms with Crippen LogP contribution in [0, 0.1) is 0 Å². The molecule has 1 aliphatic heterocycles. The smallest absolute Gasteiger partial charge is 0.203 e. The van der Waals surface area contributed by atoms with Crippen molar-refractivity contribution >= 4 is 5.78 Å². The van der Waals surface area contributed by atoms with E-state index in [1.165, 1.54) is 20.3 Å². The molecule has 6 nitrogen and oxygen atoms in total. The lowest BCUT2D eigenvalue weighted by Crippen LogP contribution is -2.20. The molecule has 2 aromatic carbocycles. The Balaban J connectivity index is 1.99. The summed E-state index contributed by atoms with van der Waals surface area (Å²) in [5.41, 5.74) is 1.16. The Hall–Kier alpha value is -2.89. The van der Waals surface area contributed by atoms with Gasteiger partial charge < -0.3 is 24.1 Å². The summed E-state index contributed by atoms with van der Waals surface area (Å²) in [4.78, 5) is 12.4. The first kappa shape index (κ1) is 16.0. The summed E-state index contributed by atoms with van der Waals surface area (Å²) in [5, 5.41) is 10.1. The van der Waals surface area contributed by atoms with E-state index in [4.69, 9.17) is 18.9 Å². The van der Waals surface area contributed by atoms with Crippen LogP contribution in [0.1, 0.15) is 28.4 Å². The standard InChI is InChI=1S/C18H18O6/c1-21-11-4-5-12-13(19)9-15(24-16(12)8-11)10-6-14(20)18(23-3)17(7-10)22-2/h4-8,15,20H,9H2,1-3H3/t15-/m0/s1. The monoisotopic (exact) mass is 330 g/mol. The quantitative estimate of drug-likeness (QED) is 0.928. The molecule has 0 fully saturated rings. The number of rotatable bonds is 4. The highest BCUT2D eigenvalue weighted by molar-refractivity contribution is 6.00. The zero-order valence-electron chi connectivity index (χ0n) is 13.7. The average Bonchev–Trinajstić information content (AvgIpc) is 2.60. The van der Waals surface area contributed by atoms with Gasteiger partial charge in [0.05, 0.1) is 33.3 Å². The van der Waals surface area contributed by atoms with Crippen molar-refractivity contribution in [2.45, 2.75) is 12.5 Å². The maximum Gasteiger partial charge on any atom is 0.203 e. The number of carbonyl (C=O) groups is 1. The van der Waals surface area contributed by atoms with Gasteiger partial charge in [-0.25, -0.2) is 0 Å². The Morgan fingerprint density at radius 2 is 1.88 bits per heavy atom. The third kappa shape index (κ3) is 2.71. The highest BCUT2D eigenvalue weighted by Gasteiger charge is 2.29. The van der Waals surface area contributed by atoms with Gasteiger partial charge in [-0.2, -0.15) is 0 Å². The molecule has 0 aromatic heterocycles. The fourth-order valence-corrected chi connectivity index (χ4v) is 2.77. The van der Waals surface area contributed by atoms with Gasteiger partial charge in [-0.15, -0.1) is 0 Å². The van der Waals surface area contributed by atoms with Crippen LogP contribution in [0.2, 0.25) is 0 Å². The van der Waals surface area contributed by atoms with Gasteiger partial charge in [0.25, 0.3) is 0 Å². The summed E-state index contributed by atoms with van der Waals surface area (Å²) in [6, 6.07) is 8.31. The molecular formula is C18H18O6. The summed E-state index contributed by atoms with van der Waals surface area (Å²) in [6.45, 7) is 0. The molecule has 0 unspecified atom stereocenters. The number of benzene rings is 2. The van der Waals surface area contributed by atoms with E-state index >= 15 is 0 Å². The minimum atomic E-state index is -0.525. The number of fused-ring (bicyclic) bond motifs is 1. The Morgan fingerprint density at radius 3 is 2.54 bits per heavy atom. The van der Waals surface area contributed by atoms with Crippen LogP contribution >= 0.6 is 0 Å². The molecule has 1 aliphatic rings. The van der Waals surface area contributed by atoms with Crippen molar-refractivity contribution in [3.05, 3.63) is 41.5 Å². The number of phenols is 1. The maximum absolute atomic E-state index is 12.4. The number of aromatic hydroxyl groups is 1. The molecule has 24 heavy (non-hydrogen) atoms. The third-order valence-electron chi connectivity index (χ3n) is 3.98. The highest BCUT2D eigenvalue weighted by atomic mass is 16.5. The molecule has 1 heterocycles. The second-order valence-electron chi connectivity index (χ2n) is 5.37. The second kappa shape index (κ2) is 6.31. The van der Waals surface area contributed by atoms with E-state index in [9.17, 15) is 9.90 Å². The predicted octanol–water partition coefficient (Wildman–Crippen LogP) is 3.12. The van der Waals surface area contributed by atoms with Gasteiger partial charge in [0.1, 0.15) is 17.6 Å². The Morgan fingerprint density at radius 1 is 1.08 bits per heavy atom. The van der Waals surface area contributed by atoms with Crippen LogP contribution in [0.4, 0.5) is 0 Å². The largest absolute Gasteiger partial charge is 0.504 e. The topological polar surface area (TPSA) is 74.2 Å². The molecule has 0 saturated heterocycles. The zero-order valence-corrected chi connectivity index (χ0v) is 13.7. The summed E-state index contributed by atoms with van der Waals surface area (Å²) < 4.78 is 21.5. The number of hydrogen-bond acceptors (Lipinski definition) is 6. The fourth-order valence-electron chi connectivity index (χ4n) is 2.77. The summed E-state index contributed by atoms with van der Waals surface area (Å²) in [6.07, 6.45) is -0.350. The molecule has 3 rings (SSSR count). The van der Waals surface area contributed by atoms with Gasteiger partial charge in [0, 0.05) is 11.6 Å². The minimum Gasteiger partial charge on any atom is -0.504 e. The Kier molecular flexibility index (Phi) is 4.20. The molecule has 0 bridgehead atoms. The molecule has 0 amide bonds. The van der Waals surface area contributed by atoms with Crippen LogP contribution < -0.4 is 18.9 Å². The number of phenolic OH excluding ortho intramolecular Hbond substituents is 1. The Labute approximate surface area is 139 Å². The van der Waals surface area contributed by atoms with Crippen LogP contribution in [-0.4, -0.2) is 32.2 Å². The molecule has 0 aliphatic carbocycles. The number of ether oxygens (including phenoxy) is 4. The molecule has 126 valence electrons. The van der Waals surface area contributed by atoms with Gasteiger partial charge in [-0.3, -0.25) is 4.79 Å². The lowest BCUT2D eigenvalue weighted by molar-refractivity contribution is 0.0848. The first-order valence-electron chi connectivity index (χ1n) is 7.40. The summed E-state index contributed by atoms with van der Waals surface area (Å²) >= 11 is 0. The zero-order chi connectivity index (χ0) is 17.3. The second-order valence-corrected chi connectivity index (χ2v) is 5.37. The number of ketones is 1. The molecule has 0 spiro atoms. The van der Waals surface area contributed by atoms with Crippen LogP contribution in [0.3, 0.4) is 0 Å². The molecule has 1 atom stereocenters. The van der Waals surface area contributed by atoms with Crippen molar-refractivity contribution in [2.75, 3.05) is 21.3 Å². The first-order chi connectivity index (χ1) is 11.6. The lowest BCUT2D eigenvalue weighted by atomic mass is 9.95. The normalized spacial score (nSPS) is 16.1. The van der Waals surface area contributed by atoms with Crippen LogP contribution in [0.5, 0.6) is 28.7 Å². The first-order valence-corrected chi connectivity index (χ1v) is 7.40. The molecule has 0 radical (unpaired) electrons. The number of Topliss-reactive ketones (excluding diaryl/α,β-unsaturated/α-hetero) is 1. The van der Waals surface area contributed by atoms with E-state index in [1.54, 1.807) is 31.4 Å². The number of hydrogen-bond donors (Lipinski definition) is 1. The number of methoxy groups -OCH3 is 3. The van der Waals surface area contributed by atoms with E-state index in [2.05, 4.69) is 0 Å².